The molecule has 0 unspecified atom stereocenters. The number of nitrogens with one attached hydrogen (secondary N) is 1. The third kappa shape index (κ3) is 2.75. The second kappa shape index (κ2) is 4.86. The highest BCUT2D eigenvalue weighted by atomic mass is 16.5. The molecular formula is C12H14N2O3. The first-order valence-electron chi connectivity index (χ1n) is 5.41. The number of amides is 1. The number of phenols is 1. The number of carbonyl (C=O) groups is 1. The number of ether oxygens (including phenoxy) is 1. The van der Waals surface area contributed by atoms with Crippen molar-refractivity contribution in [3.05, 3.63) is 23.8 Å². The van der Waals surface area contributed by atoms with E-state index in [2.05, 4.69) is 10.5 Å². The van der Waals surface area contributed by atoms with Gasteiger partial charge in [0.2, 0.25) is 5.91 Å². The standard InChI is InChI=1S/C12H14N2O3/c1-17-10-4-2-3-9(11(10)15)7-13-14-12(16)8-5-6-8/h2-4,7-8,15H,5-6H2,1H3,(H,14,16)/b13-7-. The summed E-state index contributed by atoms with van der Waals surface area (Å²) in [6, 6.07) is 5.07. The van der Waals surface area contributed by atoms with Crippen molar-refractivity contribution in [1.29, 1.82) is 0 Å². The molecule has 2 N–H and O–H groups in total. The molecule has 5 heteroatoms. The highest BCUT2D eigenvalue weighted by Crippen LogP contribution is 2.29. The summed E-state index contributed by atoms with van der Waals surface area (Å²) in [4.78, 5) is 11.3. The largest absolute Gasteiger partial charge is 0.504 e. The lowest BCUT2D eigenvalue weighted by Crippen LogP contribution is -2.18. The summed E-state index contributed by atoms with van der Waals surface area (Å²) in [5.74, 6) is 0.441. The Bertz CT molecular complexity index is 453. The number of phenolic OH excluding ortho intramolecular Hbond substituents is 1. The van der Waals surface area contributed by atoms with Gasteiger partial charge in [0.15, 0.2) is 11.5 Å². The number of nitrogens with zero attached hydrogens (tertiary/aromatic N) is 1. The molecule has 1 aromatic carbocycles. The lowest BCUT2D eigenvalue weighted by molar-refractivity contribution is -0.122. The zero-order chi connectivity index (χ0) is 12.3. The molecule has 1 aliphatic carbocycles. The Morgan fingerprint density at radius 1 is 1.59 bits per heavy atom. The second-order valence-corrected chi connectivity index (χ2v) is 3.91. The minimum atomic E-state index is -0.0661. The normalized spacial score (nSPS) is 14.9. The van der Waals surface area contributed by atoms with Crippen LogP contribution in [-0.4, -0.2) is 24.3 Å². The van der Waals surface area contributed by atoms with Gasteiger partial charge in [0, 0.05) is 11.5 Å². The molecule has 0 radical (unpaired) electrons. The van der Waals surface area contributed by atoms with E-state index >= 15 is 0 Å². The molecule has 1 aliphatic rings. The first-order chi connectivity index (χ1) is 8.22. The summed E-state index contributed by atoms with van der Waals surface area (Å²) in [5.41, 5.74) is 2.94. The predicted molar refractivity (Wildman–Crippen MR) is 63.1 cm³/mol. The molecule has 1 fully saturated rings. The molecule has 1 amide bonds. The minimum Gasteiger partial charge on any atom is -0.504 e. The molecule has 0 aromatic heterocycles. The van der Waals surface area contributed by atoms with Crippen molar-refractivity contribution in [2.45, 2.75) is 12.8 Å². The van der Waals surface area contributed by atoms with E-state index in [1.165, 1.54) is 13.3 Å². The van der Waals surface area contributed by atoms with E-state index in [0.717, 1.165) is 12.8 Å². The van der Waals surface area contributed by atoms with Crippen molar-refractivity contribution in [3.8, 4) is 11.5 Å². The number of hydrogen-bond acceptors (Lipinski definition) is 4. The van der Waals surface area contributed by atoms with Gasteiger partial charge >= 0.3 is 0 Å². The molecule has 90 valence electrons. The first kappa shape index (κ1) is 11.4. The zero-order valence-electron chi connectivity index (χ0n) is 9.51. The number of aromatic hydroxyl groups is 1. The summed E-state index contributed by atoms with van der Waals surface area (Å²) < 4.78 is 4.96. The third-order valence-corrected chi connectivity index (χ3v) is 2.58. The van der Waals surface area contributed by atoms with Gasteiger partial charge in [-0.05, 0) is 25.0 Å². The SMILES string of the molecule is COc1cccc(/C=N\NC(=O)C2CC2)c1O. The number of carbonyl (C=O) groups excluding carboxylic acids is 1. The van der Waals surface area contributed by atoms with Crippen LogP contribution in [0.4, 0.5) is 0 Å². The fourth-order valence-electron chi connectivity index (χ4n) is 1.41. The van der Waals surface area contributed by atoms with Crippen LogP contribution in [0.3, 0.4) is 0 Å². The molecule has 5 nitrogen and oxygen atoms in total. The Morgan fingerprint density at radius 2 is 2.35 bits per heavy atom. The molecule has 0 heterocycles. The topological polar surface area (TPSA) is 70.9 Å². The maximum atomic E-state index is 11.3. The number of hydrazone groups is 1. The Hall–Kier alpha value is -2.04. The highest BCUT2D eigenvalue weighted by molar-refractivity contribution is 5.87. The van der Waals surface area contributed by atoms with Crippen LogP contribution in [0.15, 0.2) is 23.3 Å². The summed E-state index contributed by atoms with van der Waals surface area (Å²) in [6.07, 6.45) is 3.27. The quantitative estimate of drug-likeness (QED) is 0.608. The van der Waals surface area contributed by atoms with Crippen molar-refractivity contribution in [3.63, 3.8) is 0 Å². The first-order valence-corrected chi connectivity index (χ1v) is 5.41. The Balaban J connectivity index is 2.02. The van der Waals surface area contributed by atoms with Gasteiger partial charge in [-0.25, -0.2) is 5.43 Å². The molecule has 0 bridgehead atoms. The maximum Gasteiger partial charge on any atom is 0.243 e. The Labute approximate surface area is 99.1 Å². The average Bonchev–Trinajstić information content (AvgIpc) is 3.15. The molecule has 1 aromatic rings. The van der Waals surface area contributed by atoms with Crippen LogP contribution in [0.5, 0.6) is 11.5 Å². The van der Waals surface area contributed by atoms with E-state index < -0.39 is 0 Å². The van der Waals surface area contributed by atoms with Gasteiger partial charge in [0.25, 0.3) is 0 Å². The summed E-state index contributed by atoms with van der Waals surface area (Å²) >= 11 is 0. The van der Waals surface area contributed by atoms with Crippen molar-refractivity contribution < 1.29 is 14.6 Å². The van der Waals surface area contributed by atoms with Crippen molar-refractivity contribution in [1.82, 2.24) is 5.43 Å². The van der Waals surface area contributed by atoms with Gasteiger partial charge in [-0.1, -0.05) is 6.07 Å². The third-order valence-electron chi connectivity index (χ3n) is 2.58. The van der Waals surface area contributed by atoms with Crippen LogP contribution < -0.4 is 10.2 Å². The van der Waals surface area contributed by atoms with Gasteiger partial charge in [-0.2, -0.15) is 5.10 Å². The Kier molecular flexibility index (Phi) is 3.27. The van der Waals surface area contributed by atoms with Crippen LogP contribution >= 0.6 is 0 Å². The predicted octanol–water partition coefficient (Wildman–Crippen LogP) is 1.26. The summed E-state index contributed by atoms with van der Waals surface area (Å²) in [7, 11) is 1.48. The van der Waals surface area contributed by atoms with Crippen LogP contribution in [0.2, 0.25) is 0 Å². The molecule has 0 saturated heterocycles. The van der Waals surface area contributed by atoms with Gasteiger partial charge in [0.05, 0.1) is 13.3 Å². The van der Waals surface area contributed by atoms with E-state index in [0.29, 0.717) is 11.3 Å². The smallest absolute Gasteiger partial charge is 0.243 e. The zero-order valence-corrected chi connectivity index (χ0v) is 9.51. The van der Waals surface area contributed by atoms with Gasteiger partial charge < -0.3 is 9.84 Å². The second-order valence-electron chi connectivity index (χ2n) is 3.91. The molecule has 2 rings (SSSR count). The van der Waals surface area contributed by atoms with Gasteiger partial charge in [-0.3, -0.25) is 4.79 Å². The number of para-hydroxylation sites is 1. The lowest BCUT2D eigenvalue weighted by atomic mass is 10.2. The molecule has 0 atom stereocenters. The van der Waals surface area contributed by atoms with E-state index in [9.17, 15) is 9.90 Å². The molecule has 17 heavy (non-hydrogen) atoms. The molecule has 0 spiro atoms. The van der Waals surface area contributed by atoms with Gasteiger partial charge in [-0.15, -0.1) is 0 Å². The van der Waals surface area contributed by atoms with E-state index in [1.54, 1.807) is 18.2 Å². The van der Waals surface area contributed by atoms with Crippen molar-refractivity contribution in [2.24, 2.45) is 11.0 Å². The fourth-order valence-corrected chi connectivity index (χ4v) is 1.41. The average molecular weight is 234 g/mol. The number of hydrogen-bond donors (Lipinski definition) is 2. The number of rotatable bonds is 4. The number of methoxy groups -OCH3 is 1. The highest BCUT2D eigenvalue weighted by Gasteiger charge is 2.29. The van der Waals surface area contributed by atoms with E-state index in [4.69, 9.17) is 4.74 Å². The maximum absolute atomic E-state index is 11.3. The van der Waals surface area contributed by atoms with Crippen molar-refractivity contribution in [2.75, 3.05) is 7.11 Å². The van der Waals surface area contributed by atoms with Crippen LogP contribution in [-0.2, 0) is 4.79 Å². The Morgan fingerprint density at radius 3 is 3.00 bits per heavy atom. The lowest BCUT2D eigenvalue weighted by Gasteiger charge is -2.04. The van der Waals surface area contributed by atoms with Crippen LogP contribution in [0.25, 0.3) is 0 Å². The molecule has 1 saturated carbocycles. The minimum absolute atomic E-state index is 0.0134. The fraction of sp³-hybridized carbons (Fsp3) is 0.333. The van der Waals surface area contributed by atoms with Crippen LogP contribution in [0.1, 0.15) is 18.4 Å². The number of benzene rings is 1. The monoisotopic (exact) mass is 234 g/mol. The van der Waals surface area contributed by atoms with Gasteiger partial charge in [0.1, 0.15) is 0 Å². The molecule has 0 aliphatic heterocycles. The van der Waals surface area contributed by atoms with E-state index in [-0.39, 0.29) is 17.6 Å². The van der Waals surface area contributed by atoms with Crippen LogP contribution in [0, 0.1) is 5.92 Å². The van der Waals surface area contributed by atoms with Crippen molar-refractivity contribution >= 4 is 12.1 Å². The van der Waals surface area contributed by atoms with E-state index in [1.807, 2.05) is 0 Å². The summed E-state index contributed by atoms with van der Waals surface area (Å²) in [5, 5.41) is 13.5. The summed E-state index contributed by atoms with van der Waals surface area (Å²) in [6.45, 7) is 0. The molecular weight excluding hydrogens is 220 g/mol.